The van der Waals surface area contributed by atoms with Crippen LogP contribution in [0.5, 0.6) is 0 Å². The maximum Gasteiger partial charge on any atom is 0.344 e. The number of rotatable bonds is 6. The molecule has 0 aliphatic carbocycles. The second-order valence-corrected chi connectivity index (χ2v) is 6.53. The van der Waals surface area contributed by atoms with Crippen molar-refractivity contribution in [3.05, 3.63) is 75.6 Å². The Hall–Kier alpha value is -3.29. The van der Waals surface area contributed by atoms with Gasteiger partial charge < -0.3 is 19.7 Å². The third-order valence-corrected chi connectivity index (χ3v) is 4.55. The maximum atomic E-state index is 12.3. The summed E-state index contributed by atoms with van der Waals surface area (Å²) in [5, 5.41) is 16.4. The number of benzene rings is 2. The molecular weight excluding hydrogens is 419 g/mol. The number of anilines is 1. The maximum absolute atomic E-state index is 12.3. The zero-order valence-corrected chi connectivity index (χ0v) is 16.5. The van der Waals surface area contributed by atoms with Gasteiger partial charge in [-0.1, -0.05) is 34.4 Å². The number of aromatic carboxylic acids is 1. The molecule has 0 unspecified atom stereocenters. The number of aromatic nitrogens is 1. The molecule has 1 aromatic heterocycles. The van der Waals surface area contributed by atoms with E-state index in [0.717, 1.165) is 0 Å². The molecule has 0 atom stereocenters. The van der Waals surface area contributed by atoms with Crippen molar-refractivity contribution in [1.29, 1.82) is 0 Å². The SMILES string of the molecule is COC(=O)c1c(-c2c(Cl)cccc2Cl)noc1C=CNc1ccc(C(=O)O)cc1. The van der Waals surface area contributed by atoms with Crippen molar-refractivity contribution >= 4 is 46.9 Å². The fraction of sp³-hybridized carbons (Fsp3) is 0.0500. The summed E-state index contributed by atoms with van der Waals surface area (Å²) in [5.74, 6) is -1.54. The average molecular weight is 433 g/mol. The highest BCUT2D eigenvalue weighted by atomic mass is 35.5. The zero-order valence-electron chi connectivity index (χ0n) is 15.0. The number of halogens is 2. The van der Waals surface area contributed by atoms with Crippen LogP contribution >= 0.6 is 23.2 Å². The van der Waals surface area contributed by atoms with Gasteiger partial charge in [0.05, 0.1) is 22.7 Å². The third kappa shape index (κ3) is 4.42. The van der Waals surface area contributed by atoms with Crippen molar-refractivity contribution < 1.29 is 24.0 Å². The Labute approximate surface area is 175 Å². The third-order valence-electron chi connectivity index (χ3n) is 3.92. The summed E-state index contributed by atoms with van der Waals surface area (Å²) in [6.45, 7) is 0. The van der Waals surface area contributed by atoms with E-state index >= 15 is 0 Å². The van der Waals surface area contributed by atoms with Gasteiger partial charge >= 0.3 is 11.9 Å². The number of carboxylic acids is 1. The molecule has 0 fully saturated rings. The topological polar surface area (TPSA) is 102 Å². The molecule has 0 aliphatic heterocycles. The molecule has 1 heterocycles. The standard InChI is InChI=1S/C20H14Cl2N2O5/c1-28-20(27)17-15(9-10-23-12-7-5-11(6-8-12)19(25)26)29-24-18(17)16-13(21)3-2-4-14(16)22/h2-10,23H,1H3,(H,25,26). The number of carboxylic acid groups (broad SMARTS) is 1. The molecule has 7 nitrogen and oxygen atoms in total. The van der Waals surface area contributed by atoms with Gasteiger partial charge in [0.2, 0.25) is 0 Å². The highest BCUT2D eigenvalue weighted by molar-refractivity contribution is 6.39. The molecule has 0 aliphatic rings. The second-order valence-electron chi connectivity index (χ2n) is 5.72. The minimum Gasteiger partial charge on any atom is -0.478 e. The lowest BCUT2D eigenvalue weighted by Gasteiger charge is -2.05. The van der Waals surface area contributed by atoms with E-state index in [0.29, 0.717) is 21.3 Å². The van der Waals surface area contributed by atoms with E-state index in [1.165, 1.54) is 31.5 Å². The van der Waals surface area contributed by atoms with Crippen molar-refractivity contribution in [2.75, 3.05) is 12.4 Å². The second kappa shape index (κ2) is 8.81. The predicted octanol–water partition coefficient (Wildman–Crippen LogP) is 5.22. The summed E-state index contributed by atoms with van der Waals surface area (Å²) < 4.78 is 10.1. The Morgan fingerprint density at radius 1 is 1.14 bits per heavy atom. The Bertz CT molecular complexity index is 1070. The van der Waals surface area contributed by atoms with Gasteiger partial charge in [0.15, 0.2) is 5.76 Å². The lowest BCUT2D eigenvalue weighted by Crippen LogP contribution is -2.04. The van der Waals surface area contributed by atoms with Crippen LogP contribution in [-0.2, 0) is 4.74 Å². The van der Waals surface area contributed by atoms with Crippen LogP contribution < -0.4 is 5.32 Å². The van der Waals surface area contributed by atoms with Crippen LogP contribution in [0.1, 0.15) is 26.5 Å². The first-order valence-electron chi connectivity index (χ1n) is 8.21. The number of carbonyl (C=O) groups excluding carboxylic acids is 1. The van der Waals surface area contributed by atoms with Crippen LogP contribution in [0.4, 0.5) is 5.69 Å². The summed E-state index contributed by atoms with van der Waals surface area (Å²) in [7, 11) is 1.24. The number of carbonyl (C=O) groups is 2. The van der Waals surface area contributed by atoms with Gasteiger partial charge in [0, 0.05) is 23.5 Å². The van der Waals surface area contributed by atoms with Crippen molar-refractivity contribution in [3.8, 4) is 11.3 Å². The van der Waals surface area contributed by atoms with Gasteiger partial charge in [-0.3, -0.25) is 0 Å². The van der Waals surface area contributed by atoms with Crippen molar-refractivity contribution in [2.45, 2.75) is 0 Å². The van der Waals surface area contributed by atoms with Gasteiger partial charge in [0.1, 0.15) is 11.3 Å². The van der Waals surface area contributed by atoms with Gasteiger partial charge in [-0.25, -0.2) is 9.59 Å². The Kier molecular flexibility index (Phi) is 6.21. The van der Waals surface area contributed by atoms with Crippen LogP contribution in [-0.4, -0.2) is 29.3 Å². The molecule has 0 radical (unpaired) electrons. The average Bonchev–Trinajstić information content (AvgIpc) is 3.11. The molecule has 148 valence electrons. The summed E-state index contributed by atoms with van der Waals surface area (Å²) in [6.07, 6.45) is 3.00. The molecule has 2 N–H and O–H groups in total. The molecule has 0 amide bonds. The van der Waals surface area contributed by atoms with E-state index in [-0.39, 0.29) is 22.6 Å². The summed E-state index contributed by atoms with van der Waals surface area (Å²) >= 11 is 12.4. The van der Waals surface area contributed by atoms with Gasteiger partial charge in [-0.2, -0.15) is 0 Å². The molecule has 3 rings (SSSR count). The first-order chi connectivity index (χ1) is 13.9. The fourth-order valence-electron chi connectivity index (χ4n) is 2.53. The molecule has 0 bridgehead atoms. The molecule has 29 heavy (non-hydrogen) atoms. The Balaban J connectivity index is 1.91. The number of nitrogens with one attached hydrogen (secondary N) is 1. The zero-order chi connectivity index (χ0) is 21.0. The van der Waals surface area contributed by atoms with E-state index < -0.39 is 11.9 Å². The number of hydrogen-bond acceptors (Lipinski definition) is 6. The largest absolute Gasteiger partial charge is 0.478 e. The molecule has 0 spiro atoms. The van der Waals surface area contributed by atoms with Crippen LogP contribution in [0.25, 0.3) is 17.3 Å². The van der Waals surface area contributed by atoms with Gasteiger partial charge in [0.25, 0.3) is 0 Å². The fourth-order valence-corrected chi connectivity index (χ4v) is 3.11. The Morgan fingerprint density at radius 3 is 2.38 bits per heavy atom. The number of methoxy groups -OCH3 is 1. The highest BCUT2D eigenvalue weighted by Crippen LogP contribution is 2.37. The number of esters is 1. The van der Waals surface area contributed by atoms with Crippen LogP contribution in [0, 0.1) is 0 Å². The monoisotopic (exact) mass is 432 g/mol. The van der Waals surface area contributed by atoms with Gasteiger partial charge in [-0.15, -0.1) is 0 Å². The van der Waals surface area contributed by atoms with E-state index in [1.54, 1.807) is 30.3 Å². The smallest absolute Gasteiger partial charge is 0.344 e. The van der Waals surface area contributed by atoms with Crippen molar-refractivity contribution in [3.63, 3.8) is 0 Å². The first-order valence-corrected chi connectivity index (χ1v) is 8.96. The molecule has 9 heteroatoms. The van der Waals surface area contributed by atoms with Crippen molar-refractivity contribution in [1.82, 2.24) is 5.16 Å². The van der Waals surface area contributed by atoms with Gasteiger partial charge in [-0.05, 0) is 36.4 Å². The van der Waals surface area contributed by atoms with Crippen LogP contribution in [0.3, 0.4) is 0 Å². The summed E-state index contributed by atoms with van der Waals surface area (Å²) in [4.78, 5) is 23.2. The van der Waals surface area contributed by atoms with E-state index in [4.69, 9.17) is 37.6 Å². The molecule has 3 aromatic rings. The first kappa shape index (κ1) is 20.4. The number of ether oxygens (including phenoxy) is 1. The minimum absolute atomic E-state index is 0.0711. The lowest BCUT2D eigenvalue weighted by molar-refractivity contribution is 0.0599. The van der Waals surface area contributed by atoms with E-state index in [2.05, 4.69) is 10.5 Å². The quantitative estimate of drug-likeness (QED) is 0.514. The Morgan fingerprint density at radius 2 is 1.79 bits per heavy atom. The lowest BCUT2D eigenvalue weighted by atomic mass is 10.1. The van der Waals surface area contributed by atoms with Crippen molar-refractivity contribution in [2.24, 2.45) is 0 Å². The molecule has 2 aromatic carbocycles. The molecule has 0 saturated carbocycles. The predicted molar refractivity (Wildman–Crippen MR) is 109 cm³/mol. The highest BCUT2D eigenvalue weighted by Gasteiger charge is 2.26. The molecule has 0 saturated heterocycles. The molecular formula is C20H14Cl2N2O5. The van der Waals surface area contributed by atoms with Crippen LogP contribution in [0.15, 0.2) is 53.2 Å². The number of hydrogen-bond donors (Lipinski definition) is 2. The summed E-state index contributed by atoms with van der Waals surface area (Å²) in [5.41, 5.74) is 1.40. The summed E-state index contributed by atoms with van der Waals surface area (Å²) in [6, 6.07) is 11.0. The van der Waals surface area contributed by atoms with E-state index in [9.17, 15) is 9.59 Å². The normalized spacial score (nSPS) is 10.9. The van der Waals surface area contributed by atoms with Crippen LogP contribution in [0.2, 0.25) is 10.0 Å². The minimum atomic E-state index is -1.01. The number of nitrogens with zero attached hydrogens (tertiary/aromatic N) is 1. The van der Waals surface area contributed by atoms with E-state index in [1.807, 2.05) is 0 Å².